The van der Waals surface area contributed by atoms with Gasteiger partial charge in [0.25, 0.3) is 0 Å². The molecule has 0 aliphatic heterocycles. The summed E-state index contributed by atoms with van der Waals surface area (Å²) in [6.07, 6.45) is 9.12. The Labute approximate surface area is 87.3 Å². The zero-order valence-corrected chi connectivity index (χ0v) is 9.29. The van der Waals surface area contributed by atoms with Crippen LogP contribution in [0.5, 0.6) is 0 Å². The number of allylic oxidation sites excluding steroid dienone is 2. The highest BCUT2D eigenvalue weighted by molar-refractivity contribution is 7.57. The fourth-order valence-corrected chi connectivity index (χ4v) is 3.07. The Morgan fingerprint density at radius 3 is 2.43 bits per heavy atom. The molecule has 0 spiro atoms. The van der Waals surface area contributed by atoms with Gasteiger partial charge in [-0.3, -0.25) is 4.98 Å². The molecule has 14 heavy (non-hydrogen) atoms. The second-order valence-electron chi connectivity index (χ2n) is 3.09. The summed E-state index contributed by atoms with van der Waals surface area (Å²) in [5.41, 5.74) is 1.18. The highest BCUT2D eigenvalue weighted by Gasteiger charge is 2.05. The number of pyridine rings is 1. The smallest absolute Gasteiger partial charge is 0.0446 e. The Kier molecular flexibility index (Phi) is 5.17. The van der Waals surface area contributed by atoms with Crippen molar-refractivity contribution < 1.29 is 0 Å². The maximum Gasteiger partial charge on any atom is 0.0446 e. The molecule has 0 unspecified atom stereocenters. The van der Waals surface area contributed by atoms with E-state index < -0.39 is 0 Å². The van der Waals surface area contributed by atoms with Crippen molar-refractivity contribution in [2.24, 2.45) is 0 Å². The van der Waals surface area contributed by atoms with E-state index in [-0.39, 0.29) is 7.92 Å². The predicted octanol–water partition coefficient (Wildman–Crippen LogP) is 3.44. The summed E-state index contributed by atoms with van der Waals surface area (Å²) in [7, 11) is -0.0358. The second-order valence-corrected chi connectivity index (χ2v) is 5.48. The summed E-state index contributed by atoms with van der Waals surface area (Å²) in [5.74, 6) is 0. The Hall–Kier alpha value is -0.940. The van der Waals surface area contributed by atoms with Crippen molar-refractivity contribution in [2.45, 2.75) is 6.16 Å². The molecule has 0 radical (unpaired) electrons. The molecular formula is C12H16NP. The number of aromatic nitrogens is 1. The minimum Gasteiger partial charge on any atom is -0.261 e. The first-order valence-electron chi connectivity index (χ1n) is 4.71. The lowest BCUT2D eigenvalue weighted by atomic mass is 10.4. The van der Waals surface area contributed by atoms with Gasteiger partial charge < -0.3 is 0 Å². The van der Waals surface area contributed by atoms with E-state index in [1.807, 2.05) is 30.5 Å². The van der Waals surface area contributed by atoms with Gasteiger partial charge in [0.2, 0.25) is 0 Å². The van der Waals surface area contributed by atoms with Crippen molar-refractivity contribution in [1.82, 2.24) is 4.98 Å². The average molecular weight is 205 g/mol. The molecule has 2 heteroatoms. The minimum absolute atomic E-state index is 0.0358. The molecule has 1 nitrogen and oxygen atoms in total. The fourth-order valence-electron chi connectivity index (χ4n) is 1.29. The van der Waals surface area contributed by atoms with Gasteiger partial charge in [-0.2, -0.15) is 0 Å². The van der Waals surface area contributed by atoms with Gasteiger partial charge in [-0.15, -0.1) is 13.2 Å². The molecule has 0 atom stereocenters. The lowest BCUT2D eigenvalue weighted by molar-refractivity contribution is 1.16. The SMILES string of the molecule is C=CCP(CC=C)Cc1ccccn1. The van der Waals surface area contributed by atoms with E-state index in [0.717, 1.165) is 18.5 Å². The standard InChI is InChI=1S/C12H16NP/c1-3-9-14(10-4-2)11-12-7-5-6-8-13-12/h3-8H,1-2,9-11H2. The van der Waals surface area contributed by atoms with Crippen LogP contribution in [0, 0.1) is 0 Å². The van der Waals surface area contributed by atoms with Gasteiger partial charge in [-0.25, -0.2) is 0 Å². The molecule has 0 aromatic carbocycles. The van der Waals surface area contributed by atoms with Crippen LogP contribution in [-0.4, -0.2) is 17.3 Å². The Morgan fingerprint density at radius 2 is 1.93 bits per heavy atom. The molecule has 74 valence electrons. The van der Waals surface area contributed by atoms with Gasteiger partial charge in [0.05, 0.1) is 0 Å². The highest BCUT2D eigenvalue weighted by atomic mass is 31.1. The van der Waals surface area contributed by atoms with E-state index >= 15 is 0 Å². The van der Waals surface area contributed by atoms with E-state index in [9.17, 15) is 0 Å². The van der Waals surface area contributed by atoms with E-state index in [1.54, 1.807) is 0 Å². The van der Waals surface area contributed by atoms with Crippen LogP contribution >= 0.6 is 7.92 Å². The Morgan fingerprint density at radius 1 is 1.21 bits per heavy atom. The average Bonchev–Trinajstić information content (AvgIpc) is 2.20. The first-order valence-corrected chi connectivity index (χ1v) is 6.60. The third-order valence-electron chi connectivity index (χ3n) is 1.89. The third-order valence-corrected chi connectivity index (χ3v) is 4.21. The summed E-state index contributed by atoms with van der Waals surface area (Å²) in [5, 5.41) is 0. The van der Waals surface area contributed by atoms with Crippen LogP contribution in [-0.2, 0) is 6.16 Å². The van der Waals surface area contributed by atoms with Crippen molar-refractivity contribution in [2.75, 3.05) is 12.3 Å². The summed E-state index contributed by atoms with van der Waals surface area (Å²) >= 11 is 0. The third kappa shape index (κ3) is 3.85. The number of hydrogen-bond donors (Lipinski definition) is 0. The molecule has 0 aliphatic rings. The van der Waals surface area contributed by atoms with E-state index in [2.05, 4.69) is 24.2 Å². The maximum absolute atomic E-state index is 4.33. The van der Waals surface area contributed by atoms with E-state index in [0.29, 0.717) is 0 Å². The molecule has 0 saturated heterocycles. The predicted molar refractivity (Wildman–Crippen MR) is 65.0 cm³/mol. The van der Waals surface area contributed by atoms with Crippen LogP contribution in [0.25, 0.3) is 0 Å². The van der Waals surface area contributed by atoms with Gasteiger partial charge in [0.15, 0.2) is 0 Å². The van der Waals surface area contributed by atoms with Crippen LogP contribution in [0.1, 0.15) is 5.69 Å². The van der Waals surface area contributed by atoms with Crippen molar-refractivity contribution in [1.29, 1.82) is 0 Å². The molecule has 0 aliphatic carbocycles. The Balaban J connectivity index is 2.54. The molecule has 1 aromatic rings. The van der Waals surface area contributed by atoms with Gasteiger partial charge in [0.1, 0.15) is 0 Å². The molecule has 0 fully saturated rings. The molecule has 0 amide bonds. The van der Waals surface area contributed by atoms with Crippen LogP contribution in [0.3, 0.4) is 0 Å². The molecule has 0 bridgehead atoms. The number of rotatable bonds is 6. The lowest BCUT2D eigenvalue weighted by Crippen LogP contribution is -1.92. The highest BCUT2D eigenvalue weighted by Crippen LogP contribution is 2.38. The van der Waals surface area contributed by atoms with Gasteiger partial charge >= 0.3 is 0 Å². The van der Waals surface area contributed by atoms with Crippen LogP contribution in [0.2, 0.25) is 0 Å². The van der Waals surface area contributed by atoms with Gasteiger partial charge in [-0.05, 0) is 24.5 Å². The first kappa shape index (κ1) is 11.1. The van der Waals surface area contributed by atoms with Crippen LogP contribution in [0.4, 0.5) is 0 Å². The number of nitrogens with zero attached hydrogens (tertiary/aromatic N) is 1. The molecule has 0 N–H and O–H groups in total. The molecular weight excluding hydrogens is 189 g/mol. The zero-order valence-electron chi connectivity index (χ0n) is 8.39. The topological polar surface area (TPSA) is 12.9 Å². The molecule has 0 saturated carbocycles. The molecule has 1 aromatic heterocycles. The number of hydrogen-bond acceptors (Lipinski definition) is 1. The van der Waals surface area contributed by atoms with Crippen molar-refractivity contribution in [3.8, 4) is 0 Å². The van der Waals surface area contributed by atoms with Crippen molar-refractivity contribution in [3.63, 3.8) is 0 Å². The van der Waals surface area contributed by atoms with Gasteiger partial charge in [0, 0.05) is 18.1 Å². The summed E-state index contributed by atoms with van der Waals surface area (Å²) in [4.78, 5) is 4.33. The largest absolute Gasteiger partial charge is 0.261 e. The monoisotopic (exact) mass is 205 g/mol. The minimum atomic E-state index is -0.0358. The second kappa shape index (κ2) is 6.50. The van der Waals surface area contributed by atoms with E-state index in [1.165, 1.54) is 5.69 Å². The summed E-state index contributed by atoms with van der Waals surface area (Å²) < 4.78 is 0. The summed E-state index contributed by atoms with van der Waals surface area (Å²) in [6, 6.07) is 6.08. The lowest BCUT2D eigenvalue weighted by Gasteiger charge is -2.12. The summed E-state index contributed by atoms with van der Waals surface area (Å²) in [6.45, 7) is 7.57. The maximum atomic E-state index is 4.33. The van der Waals surface area contributed by atoms with E-state index in [4.69, 9.17) is 0 Å². The van der Waals surface area contributed by atoms with Crippen molar-refractivity contribution in [3.05, 3.63) is 55.4 Å². The van der Waals surface area contributed by atoms with Gasteiger partial charge in [-0.1, -0.05) is 26.1 Å². The molecule has 1 rings (SSSR count). The zero-order chi connectivity index (χ0) is 10.2. The normalized spacial score (nSPS) is 10.1. The first-order chi connectivity index (χ1) is 6.86. The quantitative estimate of drug-likeness (QED) is 0.512. The fraction of sp³-hybridized carbons (Fsp3) is 0.250. The van der Waals surface area contributed by atoms with Crippen molar-refractivity contribution >= 4 is 7.92 Å². The Bertz CT molecular complexity index is 272. The van der Waals surface area contributed by atoms with Crippen LogP contribution in [0.15, 0.2) is 49.7 Å². The van der Waals surface area contributed by atoms with Crippen LogP contribution < -0.4 is 0 Å². The molecule has 1 heterocycles.